The molecular weight excluding hydrogens is 192 g/mol. The smallest absolute Gasteiger partial charge is 0.239 e. The second kappa shape index (κ2) is 3.34. The second-order valence-electron chi connectivity index (χ2n) is 4.53. The lowest BCUT2D eigenvalue weighted by atomic mass is 10.0. The van der Waals surface area contributed by atoms with Gasteiger partial charge in [-0.1, -0.05) is 0 Å². The number of nitrogens with zero attached hydrogens (tertiary/aromatic N) is 2. The Bertz CT molecular complexity index is 379. The van der Waals surface area contributed by atoms with E-state index in [1.807, 2.05) is 12.4 Å². The second-order valence-corrected chi connectivity index (χ2v) is 4.53. The molecule has 1 atom stereocenters. The molecule has 5 heteroatoms. The summed E-state index contributed by atoms with van der Waals surface area (Å²) in [6.07, 6.45) is 6.27. The Morgan fingerprint density at radius 1 is 1.73 bits per heavy atom. The van der Waals surface area contributed by atoms with Crippen LogP contribution in [-0.4, -0.2) is 21.2 Å². The van der Waals surface area contributed by atoms with Gasteiger partial charge in [0.05, 0.1) is 12.7 Å². The van der Waals surface area contributed by atoms with E-state index < -0.39 is 11.4 Å². The molecule has 4 N–H and O–H groups in total. The van der Waals surface area contributed by atoms with Crippen molar-refractivity contribution in [1.29, 1.82) is 0 Å². The summed E-state index contributed by atoms with van der Waals surface area (Å²) in [4.78, 5) is 11.0. The van der Waals surface area contributed by atoms with Crippen LogP contribution < -0.4 is 11.5 Å². The number of carbonyl (C=O) groups is 1. The number of primary amides is 1. The molecule has 0 bridgehead atoms. The van der Waals surface area contributed by atoms with E-state index in [4.69, 9.17) is 11.5 Å². The van der Waals surface area contributed by atoms with E-state index in [0.29, 0.717) is 12.5 Å². The molecule has 0 radical (unpaired) electrons. The molecule has 1 aromatic rings. The van der Waals surface area contributed by atoms with Crippen molar-refractivity contribution in [2.24, 2.45) is 11.5 Å². The molecule has 1 aliphatic carbocycles. The minimum Gasteiger partial charge on any atom is -0.368 e. The van der Waals surface area contributed by atoms with Crippen LogP contribution in [0.2, 0.25) is 0 Å². The molecule has 1 aliphatic rings. The summed E-state index contributed by atoms with van der Waals surface area (Å²) in [6.45, 7) is 1.95. The van der Waals surface area contributed by atoms with Gasteiger partial charge >= 0.3 is 0 Å². The summed E-state index contributed by atoms with van der Waals surface area (Å²) >= 11 is 0. The van der Waals surface area contributed by atoms with Crippen LogP contribution in [0.3, 0.4) is 0 Å². The van der Waals surface area contributed by atoms with Gasteiger partial charge in [-0.3, -0.25) is 9.48 Å². The third kappa shape index (κ3) is 2.18. The maximum Gasteiger partial charge on any atom is 0.239 e. The average Bonchev–Trinajstić information content (AvgIpc) is 2.88. The first-order chi connectivity index (χ1) is 6.99. The largest absolute Gasteiger partial charge is 0.368 e. The molecule has 1 unspecified atom stereocenters. The van der Waals surface area contributed by atoms with E-state index in [2.05, 4.69) is 5.10 Å². The lowest BCUT2D eigenvalue weighted by Gasteiger charge is -2.19. The van der Waals surface area contributed by atoms with E-state index in [1.54, 1.807) is 11.6 Å². The normalized spacial score (nSPS) is 19.9. The number of nitrogens with two attached hydrogens (primary N) is 2. The maximum atomic E-state index is 11.0. The Labute approximate surface area is 88.4 Å². The molecule has 1 aromatic heterocycles. The Hall–Kier alpha value is -1.36. The fourth-order valence-corrected chi connectivity index (χ4v) is 1.51. The van der Waals surface area contributed by atoms with Gasteiger partial charge in [0.1, 0.15) is 5.54 Å². The van der Waals surface area contributed by atoms with Gasteiger partial charge in [-0.05, 0) is 31.2 Å². The third-order valence-electron chi connectivity index (χ3n) is 2.76. The lowest BCUT2D eigenvalue weighted by molar-refractivity contribution is -0.123. The highest BCUT2D eigenvalue weighted by Gasteiger charge is 2.28. The van der Waals surface area contributed by atoms with Crippen molar-refractivity contribution < 1.29 is 4.79 Å². The van der Waals surface area contributed by atoms with Crippen molar-refractivity contribution >= 4 is 5.91 Å². The summed E-state index contributed by atoms with van der Waals surface area (Å²) in [6, 6.07) is 0. The van der Waals surface area contributed by atoms with E-state index in [-0.39, 0.29) is 0 Å². The molecule has 0 spiro atoms. The molecule has 0 saturated heterocycles. The van der Waals surface area contributed by atoms with E-state index in [9.17, 15) is 4.79 Å². The van der Waals surface area contributed by atoms with Crippen LogP contribution in [0.5, 0.6) is 0 Å². The number of aromatic nitrogens is 2. The molecule has 0 aliphatic heterocycles. The zero-order chi connectivity index (χ0) is 11.1. The van der Waals surface area contributed by atoms with Crippen LogP contribution in [0.15, 0.2) is 12.4 Å². The minimum absolute atomic E-state index is 0.328. The number of hydrogen-bond donors (Lipinski definition) is 2. The summed E-state index contributed by atoms with van der Waals surface area (Å²) in [5.41, 5.74) is 11.1. The fraction of sp³-hybridized carbons (Fsp3) is 0.600. The van der Waals surface area contributed by atoms with Gasteiger partial charge in [0.15, 0.2) is 0 Å². The summed E-state index contributed by atoms with van der Waals surface area (Å²) in [5, 5.41) is 4.17. The molecule has 1 heterocycles. The van der Waals surface area contributed by atoms with Crippen LogP contribution in [0.4, 0.5) is 0 Å². The predicted molar refractivity (Wildman–Crippen MR) is 56.0 cm³/mol. The molecule has 1 amide bonds. The van der Waals surface area contributed by atoms with Gasteiger partial charge in [0.2, 0.25) is 5.91 Å². The van der Waals surface area contributed by atoms with E-state index in [0.717, 1.165) is 0 Å². The first-order valence-electron chi connectivity index (χ1n) is 5.10. The van der Waals surface area contributed by atoms with Gasteiger partial charge in [-0.2, -0.15) is 5.10 Å². The molecule has 2 rings (SSSR count). The van der Waals surface area contributed by atoms with Crippen LogP contribution in [0.25, 0.3) is 0 Å². The number of amides is 1. The maximum absolute atomic E-state index is 11.0. The van der Waals surface area contributed by atoms with Crippen LogP contribution in [0, 0.1) is 0 Å². The Balaban J connectivity index is 2.06. The first kappa shape index (κ1) is 10.2. The van der Waals surface area contributed by atoms with Crippen LogP contribution in [0.1, 0.15) is 31.2 Å². The van der Waals surface area contributed by atoms with E-state index >= 15 is 0 Å². The highest BCUT2D eigenvalue weighted by Crippen LogP contribution is 2.39. The highest BCUT2D eigenvalue weighted by molar-refractivity contribution is 5.83. The first-order valence-corrected chi connectivity index (χ1v) is 5.10. The Kier molecular flexibility index (Phi) is 2.26. The standard InChI is InChI=1S/C10H16N4O/c1-10(12,9(11)15)6-14-5-8(4-13-14)7-2-3-7/h4-5,7H,2-3,6,12H2,1H3,(H2,11,15). The minimum atomic E-state index is -1.03. The van der Waals surface area contributed by atoms with Gasteiger partial charge in [0, 0.05) is 6.20 Å². The zero-order valence-electron chi connectivity index (χ0n) is 8.81. The van der Waals surface area contributed by atoms with Crippen molar-refractivity contribution in [2.45, 2.75) is 37.8 Å². The molecule has 82 valence electrons. The third-order valence-corrected chi connectivity index (χ3v) is 2.76. The van der Waals surface area contributed by atoms with Crippen molar-refractivity contribution in [2.75, 3.05) is 0 Å². The molecule has 0 aromatic carbocycles. The van der Waals surface area contributed by atoms with E-state index in [1.165, 1.54) is 18.4 Å². The molecule has 15 heavy (non-hydrogen) atoms. The van der Waals surface area contributed by atoms with Crippen LogP contribution >= 0.6 is 0 Å². The SMILES string of the molecule is CC(N)(Cn1cc(C2CC2)cn1)C(N)=O. The summed E-state index contributed by atoms with van der Waals surface area (Å²) in [7, 11) is 0. The molecule has 1 fully saturated rings. The topological polar surface area (TPSA) is 86.9 Å². The number of carbonyl (C=O) groups excluding carboxylic acids is 1. The number of rotatable bonds is 4. The predicted octanol–water partition coefficient (Wildman–Crippen LogP) is -0.0368. The quantitative estimate of drug-likeness (QED) is 0.728. The average molecular weight is 208 g/mol. The molecular formula is C10H16N4O. The monoisotopic (exact) mass is 208 g/mol. The van der Waals surface area contributed by atoms with Gasteiger partial charge in [-0.25, -0.2) is 0 Å². The fourth-order valence-electron chi connectivity index (χ4n) is 1.51. The van der Waals surface area contributed by atoms with Crippen molar-refractivity contribution in [1.82, 2.24) is 9.78 Å². The number of hydrogen-bond acceptors (Lipinski definition) is 3. The zero-order valence-corrected chi connectivity index (χ0v) is 8.81. The highest BCUT2D eigenvalue weighted by atomic mass is 16.1. The lowest BCUT2D eigenvalue weighted by Crippen LogP contribution is -2.52. The Morgan fingerprint density at radius 2 is 2.40 bits per heavy atom. The van der Waals surface area contributed by atoms with Crippen molar-refractivity contribution in [3.63, 3.8) is 0 Å². The molecule has 5 nitrogen and oxygen atoms in total. The van der Waals surface area contributed by atoms with Crippen LogP contribution in [-0.2, 0) is 11.3 Å². The summed E-state index contributed by atoms with van der Waals surface area (Å²) in [5.74, 6) is 0.155. The summed E-state index contributed by atoms with van der Waals surface area (Å²) < 4.78 is 1.69. The Morgan fingerprint density at radius 3 is 2.93 bits per heavy atom. The van der Waals surface area contributed by atoms with Gasteiger partial charge in [-0.15, -0.1) is 0 Å². The van der Waals surface area contributed by atoms with Crippen molar-refractivity contribution in [3.05, 3.63) is 18.0 Å². The van der Waals surface area contributed by atoms with Gasteiger partial charge in [0.25, 0.3) is 0 Å². The van der Waals surface area contributed by atoms with Gasteiger partial charge < -0.3 is 11.5 Å². The van der Waals surface area contributed by atoms with Crippen molar-refractivity contribution in [3.8, 4) is 0 Å². The molecule has 1 saturated carbocycles.